The molecule has 0 bridgehead atoms. The summed E-state index contributed by atoms with van der Waals surface area (Å²) in [6.07, 6.45) is 2.44. The number of hydrogen-bond acceptors (Lipinski definition) is 3. The van der Waals surface area contributed by atoms with Crippen molar-refractivity contribution in [2.75, 3.05) is 0 Å². The van der Waals surface area contributed by atoms with Crippen molar-refractivity contribution in [3.63, 3.8) is 0 Å². The van der Waals surface area contributed by atoms with E-state index in [9.17, 15) is 9.59 Å². The highest BCUT2D eigenvalue weighted by atomic mass is 16.2. The number of nitrogens with two attached hydrogens (primary N) is 1. The molecule has 17 heavy (non-hydrogen) atoms. The van der Waals surface area contributed by atoms with Gasteiger partial charge in [-0.3, -0.25) is 14.6 Å². The minimum Gasteiger partial charge on any atom is -0.364 e. The van der Waals surface area contributed by atoms with Gasteiger partial charge < -0.3 is 11.1 Å². The Labute approximate surface area is 99.4 Å². The first-order valence-electron chi connectivity index (χ1n) is 5.57. The molecule has 0 saturated heterocycles. The molecule has 5 heteroatoms. The Bertz CT molecular complexity index is 485. The third kappa shape index (κ3) is 2.27. The van der Waals surface area contributed by atoms with Crippen LogP contribution in [0.15, 0.2) is 12.3 Å². The molecule has 2 amide bonds. The predicted octanol–water partition coefficient (Wildman–Crippen LogP) is 0.627. The minimum atomic E-state index is -0.614. The van der Waals surface area contributed by atoms with Crippen LogP contribution in [0.5, 0.6) is 0 Å². The quantitative estimate of drug-likeness (QED) is 0.802. The van der Waals surface area contributed by atoms with Gasteiger partial charge in [0.15, 0.2) is 0 Å². The molecule has 1 saturated carbocycles. The molecule has 1 fully saturated rings. The third-order valence-corrected chi connectivity index (χ3v) is 3.11. The zero-order valence-electron chi connectivity index (χ0n) is 9.86. The Morgan fingerprint density at radius 2 is 2.18 bits per heavy atom. The van der Waals surface area contributed by atoms with Crippen LogP contribution in [0.25, 0.3) is 0 Å². The molecule has 90 valence electrons. The lowest BCUT2D eigenvalue weighted by molar-refractivity contribution is 0.0948. The van der Waals surface area contributed by atoms with Gasteiger partial charge in [0.1, 0.15) is 5.69 Å². The zero-order valence-corrected chi connectivity index (χ0v) is 9.86. The van der Waals surface area contributed by atoms with Crippen molar-refractivity contribution in [3.05, 3.63) is 29.1 Å². The van der Waals surface area contributed by atoms with E-state index in [4.69, 9.17) is 5.73 Å². The van der Waals surface area contributed by atoms with Crippen LogP contribution in [0, 0.1) is 12.8 Å². The van der Waals surface area contributed by atoms with Crippen LogP contribution in [0.2, 0.25) is 0 Å². The standard InChI is InChI=1S/C12H15N3O2/c1-6-5-9(6)15-12(17)8-3-4-14-10(7(8)2)11(13)16/h3-4,6,9H,5H2,1-2H3,(H2,13,16)(H,15,17)/t6-,9-/m0/s1. The number of pyridine rings is 1. The summed E-state index contributed by atoms with van der Waals surface area (Å²) in [6.45, 7) is 3.76. The smallest absolute Gasteiger partial charge is 0.267 e. The Morgan fingerprint density at radius 1 is 1.53 bits per heavy atom. The maximum Gasteiger partial charge on any atom is 0.267 e. The molecule has 2 rings (SSSR count). The molecule has 0 radical (unpaired) electrons. The predicted molar refractivity (Wildman–Crippen MR) is 62.5 cm³/mol. The van der Waals surface area contributed by atoms with Crippen molar-refractivity contribution in [2.24, 2.45) is 11.7 Å². The molecule has 0 aromatic carbocycles. The van der Waals surface area contributed by atoms with Crippen LogP contribution < -0.4 is 11.1 Å². The van der Waals surface area contributed by atoms with Crippen LogP contribution in [-0.2, 0) is 0 Å². The molecule has 0 unspecified atom stereocenters. The van der Waals surface area contributed by atoms with E-state index < -0.39 is 5.91 Å². The van der Waals surface area contributed by atoms with Gasteiger partial charge in [0.2, 0.25) is 0 Å². The lowest BCUT2D eigenvalue weighted by atomic mass is 10.1. The van der Waals surface area contributed by atoms with Crippen LogP contribution >= 0.6 is 0 Å². The Hall–Kier alpha value is -1.91. The molecule has 1 aromatic heterocycles. The van der Waals surface area contributed by atoms with E-state index >= 15 is 0 Å². The molecular formula is C12H15N3O2. The van der Waals surface area contributed by atoms with Gasteiger partial charge in [0.05, 0.1) is 0 Å². The summed E-state index contributed by atoms with van der Waals surface area (Å²) in [7, 11) is 0. The van der Waals surface area contributed by atoms with Gasteiger partial charge in [-0.25, -0.2) is 0 Å². The SMILES string of the molecule is Cc1c(C(=O)N[C@H]2C[C@@H]2C)ccnc1C(N)=O. The summed E-state index contributed by atoms with van der Waals surface area (Å²) in [4.78, 5) is 26.9. The number of carbonyl (C=O) groups excluding carboxylic acids is 2. The van der Waals surface area contributed by atoms with Gasteiger partial charge in [-0.2, -0.15) is 0 Å². The second-order valence-corrected chi connectivity index (χ2v) is 4.49. The normalized spacial score (nSPS) is 22.0. The van der Waals surface area contributed by atoms with Gasteiger partial charge >= 0.3 is 0 Å². The Balaban J connectivity index is 2.23. The highest BCUT2D eigenvalue weighted by Gasteiger charge is 2.34. The summed E-state index contributed by atoms with van der Waals surface area (Å²) in [5, 5.41) is 2.91. The van der Waals surface area contributed by atoms with Gasteiger partial charge in [0, 0.05) is 17.8 Å². The van der Waals surface area contributed by atoms with E-state index in [1.165, 1.54) is 6.20 Å². The Morgan fingerprint density at radius 3 is 2.71 bits per heavy atom. The highest BCUT2D eigenvalue weighted by Crippen LogP contribution is 2.29. The fourth-order valence-corrected chi connectivity index (χ4v) is 1.80. The lowest BCUT2D eigenvalue weighted by Crippen LogP contribution is -2.28. The van der Waals surface area contributed by atoms with Gasteiger partial charge in [0.25, 0.3) is 11.8 Å². The summed E-state index contributed by atoms with van der Waals surface area (Å²) < 4.78 is 0. The molecule has 1 heterocycles. The number of rotatable bonds is 3. The average molecular weight is 233 g/mol. The van der Waals surface area contributed by atoms with Crippen molar-refractivity contribution in [3.8, 4) is 0 Å². The second kappa shape index (κ2) is 4.16. The molecule has 1 aromatic rings. The highest BCUT2D eigenvalue weighted by molar-refractivity contribution is 6.00. The first kappa shape index (κ1) is 11.6. The van der Waals surface area contributed by atoms with Crippen molar-refractivity contribution in [1.29, 1.82) is 0 Å². The average Bonchev–Trinajstić information content (AvgIpc) is 2.93. The number of hydrogen-bond donors (Lipinski definition) is 2. The second-order valence-electron chi connectivity index (χ2n) is 4.49. The zero-order chi connectivity index (χ0) is 12.6. The van der Waals surface area contributed by atoms with Crippen molar-refractivity contribution in [1.82, 2.24) is 10.3 Å². The van der Waals surface area contributed by atoms with E-state index in [1.807, 2.05) is 0 Å². The number of amides is 2. The maximum atomic E-state index is 11.9. The molecular weight excluding hydrogens is 218 g/mol. The summed E-state index contributed by atoms with van der Waals surface area (Å²) in [6, 6.07) is 1.86. The van der Waals surface area contributed by atoms with E-state index in [2.05, 4.69) is 17.2 Å². The van der Waals surface area contributed by atoms with Crippen LogP contribution in [0.1, 0.15) is 39.8 Å². The summed E-state index contributed by atoms with van der Waals surface area (Å²) >= 11 is 0. The van der Waals surface area contributed by atoms with E-state index in [0.717, 1.165) is 6.42 Å². The van der Waals surface area contributed by atoms with Crippen LogP contribution in [0.3, 0.4) is 0 Å². The first-order valence-corrected chi connectivity index (χ1v) is 5.57. The molecule has 2 atom stereocenters. The van der Waals surface area contributed by atoms with Crippen molar-refractivity contribution >= 4 is 11.8 Å². The first-order chi connectivity index (χ1) is 8.00. The number of primary amides is 1. The number of nitrogens with one attached hydrogen (secondary N) is 1. The molecule has 0 spiro atoms. The molecule has 1 aliphatic rings. The summed E-state index contributed by atoms with van der Waals surface area (Å²) in [5.74, 6) is -0.240. The van der Waals surface area contributed by atoms with E-state index in [-0.39, 0.29) is 17.6 Å². The summed E-state index contributed by atoms with van der Waals surface area (Å²) in [5.41, 5.74) is 6.34. The van der Waals surface area contributed by atoms with Crippen molar-refractivity contribution in [2.45, 2.75) is 26.3 Å². The van der Waals surface area contributed by atoms with Gasteiger partial charge in [-0.15, -0.1) is 0 Å². The maximum absolute atomic E-state index is 11.9. The lowest BCUT2D eigenvalue weighted by Gasteiger charge is -2.08. The van der Waals surface area contributed by atoms with Crippen LogP contribution in [-0.4, -0.2) is 22.8 Å². The van der Waals surface area contributed by atoms with E-state index in [1.54, 1.807) is 13.0 Å². The molecule has 1 aliphatic carbocycles. The molecule has 5 nitrogen and oxygen atoms in total. The third-order valence-electron chi connectivity index (χ3n) is 3.11. The van der Waals surface area contributed by atoms with E-state index in [0.29, 0.717) is 17.0 Å². The number of carbonyl (C=O) groups is 2. The number of nitrogens with zero attached hydrogens (tertiary/aromatic N) is 1. The minimum absolute atomic E-state index is 0.154. The topological polar surface area (TPSA) is 85.1 Å². The number of aromatic nitrogens is 1. The molecule has 3 N–H and O–H groups in total. The fourth-order valence-electron chi connectivity index (χ4n) is 1.80. The van der Waals surface area contributed by atoms with Gasteiger partial charge in [-0.05, 0) is 30.9 Å². The van der Waals surface area contributed by atoms with Crippen molar-refractivity contribution < 1.29 is 9.59 Å². The monoisotopic (exact) mass is 233 g/mol. The van der Waals surface area contributed by atoms with Gasteiger partial charge in [-0.1, -0.05) is 6.92 Å². The Kier molecular flexibility index (Phi) is 2.83. The molecule has 0 aliphatic heterocycles. The largest absolute Gasteiger partial charge is 0.364 e. The van der Waals surface area contributed by atoms with Crippen LogP contribution in [0.4, 0.5) is 0 Å². The fraction of sp³-hybridized carbons (Fsp3) is 0.417.